The smallest absolute Gasteiger partial charge is 0.279 e. The largest absolute Gasteiger partial charge is 0.327 e. The van der Waals surface area contributed by atoms with Crippen LogP contribution in [0.1, 0.15) is 51.4 Å². The summed E-state index contributed by atoms with van der Waals surface area (Å²) in [5.74, 6) is 0.301. The van der Waals surface area contributed by atoms with Crippen molar-refractivity contribution in [1.29, 1.82) is 0 Å². The van der Waals surface area contributed by atoms with Crippen LogP contribution in [0, 0.1) is 5.92 Å². The van der Waals surface area contributed by atoms with Gasteiger partial charge in [-0.3, -0.25) is 0 Å². The van der Waals surface area contributed by atoms with Gasteiger partial charge in [-0.05, 0) is 31.6 Å². The lowest BCUT2D eigenvalue weighted by Gasteiger charge is -2.29. The molecule has 0 aromatic rings. The van der Waals surface area contributed by atoms with Gasteiger partial charge in [0.15, 0.2) is 0 Å². The maximum absolute atomic E-state index is 12.3. The van der Waals surface area contributed by atoms with E-state index in [-0.39, 0.29) is 6.04 Å². The molecule has 5 nitrogen and oxygen atoms in total. The van der Waals surface area contributed by atoms with Gasteiger partial charge in [-0.2, -0.15) is 12.7 Å². The van der Waals surface area contributed by atoms with E-state index in [1.54, 1.807) is 4.31 Å². The van der Waals surface area contributed by atoms with Gasteiger partial charge < -0.3 is 5.73 Å². The average molecular weight is 289 g/mol. The van der Waals surface area contributed by atoms with E-state index in [4.69, 9.17) is 5.73 Å². The molecular formula is C13H27N3O2S. The molecule has 0 aromatic heterocycles. The molecule has 6 heteroatoms. The number of rotatable bonds is 4. The monoisotopic (exact) mass is 289 g/mol. The summed E-state index contributed by atoms with van der Waals surface area (Å²) in [7, 11) is -3.30. The molecule has 1 aliphatic carbocycles. The van der Waals surface area contributed by atoms with Crippen LogP contribution in [0.25, 0.3) is 0 Å². The molecule has 2 atom stereocenters. The number of hydrogen-bond donors (Lipinski definition) is 2. The van der Waals surface area contributed by atoms with Crippen molar-refractivity contribution in [2.75, 3.05) is 19.6 Å². The van der Waals surface area contributed by atoms with Gasteiger partial charge in [0.1, 0.15) is 0 Å². The lowest BCUT2D eigenvalue weighted by atomic mass is 9.85. The summed E-state index contributed by atoms with van der Waals surface area (Å²) in [4.78, 5) is 0. The SMILES string of the molecule is NC1CCCCC1CNS(=O)(=O)N1CCCCCC1. The predicted octanol–water partition coefficient (Wildman–Crippen LogP) is 1.21. The van der Waals surface area contributed by atoms with E-state index in [2.05, 4.69) is 4.72 Å². The second kappa shape index (κ2) is 7.02. The lowest BCUT2D eigenvalue weighted by molar-refractivity contribution is 0.304. The molecule has 0 aromatic carbocycles. The standard InChI is InChI=1S/C13H27N3O2S/c14-13-8-4-3-7-12(13)11-15-19(17,18)16-9-5-1-2-6-10-16/h12-13,15H,1-11,14H2. The molecule has 0 amide bonds. The quantitative estimate of drug-likeness (QED) is 0.817. The van der Waals surface area contributed by atoms with Gasteiger partial charge in [0.05, 0.1) is 0 Å². The molecule has 3 N–H and O–H groups in total. The maximum atomic E-state index is 12.3. The van der Waals surface area contributed by atoms with E-state index in [0.717, 1.165) is 38.5 Å². The molecule has 2 rings (SSSR count). The van der Waals surface area contributed by atoms with E-state index >= 15 is 0 Å². The molecular weight excluding hydrogens is 262 g/mol. The zero-order valence-corrected chi connectivity index (χ0v) is 12.5. The Labute approximate surface area is 117 Å². The van der Waals surface area contributed by atoms with Gasteiger partial charge in [0.25, 0.3) is 10.2 Å². The fraction of sp³-hybridized carbons (Fsp3) is 1.00. The summed E-state index contributed by atoms with van der Waals surface area (Å²) in [6.07, 6.45) is 8.65. The first-order chi connectivity index (χ1) is 9.09. The van der Waals surface area contributed by atoms with Crippen LogP contribution in [0.5, 0.6) is 0 Å². The van der Waals surface area contributed by atoms with Crippen molar-refractivity contribution in [3.8, 4) is 0 Å². The minimum absolute atomic E-state index is 0.153. The van der Waals surface area contributed by atoms with Crippen LogP contribution in [-0.4, -0.2) is 38.4 Å². The lowest BCUT2D eigenvalue weighted by Crippen LogP contribution is -2.46. The van der Waals surface area contributed by atoms with E-state index in [1.165, 1.54) is 12.8 Å². The molecule has 1 aliphatic heterocycles. The summed E-state index contributed by atoms with van der Waals surface area (Å²) in [5, 5.41) is 0. The Bertz CT molecular complexity index is 364. The Morgan fingerprint density at radius 3 is 2.26 bits per heavy atom. The molecule has 0 bridgehead atoms. The van der Waals surface area contributed by atoms with Crippen LogP contribution in [0.3, 0.4) is 0 Å². The minimum Gasteiger partial charge on any atom is -0.327 e. The Balaban J connectivity index is 1.85. The average Bonchev–Trinajstić information content (AvgIpc) is 2.67. The summed E-state index contributed by atoms with van der Waals surface area (Å²) >= 11 is 0. The third-order valence-corrected chi connectivity index (χ3v) is 5.98. The van der Waals surface area contributed by atoms with Gasteiger partial charge in [-0.25, -0.2) is 4.72 Å². The summed E-state index contributed by atoms with van der Waals surface area (Å²) in [5.41, 5.74) is 6.06. The summed E-state index contributed by atoms with van der Waals surface area (Å²) in [6, 6.07) is 0.153. The van der Waals surface area contributed by atoms with Crippen LogP contribution in [0.2, 0.25) is 0 Å². The molecule has 1 saturated heterocycles. The first-order valence-electron chi connectivity index (χ1n) is 7.60. The van der Waals surface area contributed by atoms with Gasteiger partial charge in [0.2, 0.25) is 0 Å². The van der Waals surface area contributed by atoms with Crippen molar-refractivity contribution in [2.45, 2.75) is 57.4 Å². The minimum atomic E-state index is -3.30. The van der Waals surface area contributed by atoms with Crippen LogP contribution in [0.15, 0.2) is 0 Å². The molecule has 1 heterocycles. The zero-order valence-electron chi connectivity index (χ0n) is 11.7. The van der Waals surface area contributed by atoms with Crippen molar-refractivity contribution in [1.82, 2.24) is 9.03 Å². The molecule has 2 unspecified atom stereocenters. The molecule has 2 fully saturated rings. The molecule has 2 aliphatic rings. The van der Waals surface area contributed by atoms with Crippen molar-refractivity contribution < 1.29 is 8.42 Å². The van der Waals surface area contributed by atoms with Crippen LogP contribution >= 0.6 is 0 Å². The van der Waals surface area contributed by atoms with Crippen LogP contribution in [0.4, 0.5) is 0 Å². The van der Waals surface area contributed by atoms with Crippen molar-refractivity contribution in [3.63, 3.8) is 0 Å². The van der Waals surface area contributed by atoms with Crippen molar-refractivity contribution in [3.05, 3.63) is 0 Å². The molecule has 0 radical (unpaired) electrons. The number of nitrogens with zero attached hydrogens (tertiary/aromatic N) is 1. The highest BCUT2D eigenvalue weighted by Crippen LogP contribution is 2.22. The van der Waals surface area contributed by atoms with E-state index in [1.807, 2.05) is 0 Å². The highest BCUT2D eigenvalue weighted by atomic mass is 32.2. The summed E-state index contributed by atoms with van der Waals surface area (Å²) in [6.45, 7) is 1.82. The van der Waals surface area contributed by atoms with Crippen LogP contribution < -0.4 is 10.5 Å². The molecule has 19 heavy (non-hydrogen) atoms. The van der Waals surface area contributed by atoms with Crippen molar-refractivity contribution >= 4 is 10.2 Å². The Morgan fingerprint density at radius 2 is 1.63 bits per heavy atom. The third-order valence-electron chi connectivity index (χ3n) is 4.40. The first kappa shape index (κ1) is 15.2. The maximum Gasteiger partial charge on any atom is 0.279 e. The van der Waals surface area contributed by atoms with E-state index in [9.17, 15) is 8.42 Å². The van der Waals surface area contributed by atoms with Gasteiger partial charge in [0, 0.05) is 25.7 Å². The fourth-order valence-electron chi connectivity index (χ4n) is 3.08. The fourth-order valence-corrected chi connectivity index (χ4v) is 4.42. The highest BCUT2D eigenvalue weighted by Gasteiger charge is 2.26. The zero-order chi connectivity index (χ0) is 13.7. The number of nitrogens with one attached hydrogen (secondary N) is 1. The van der Waals surface area contributed by atoms with Crippen LogP contribution in [-0.2, 0) is 10.2 Å². The van der Waals surface area contributed by atoms with E-state index < -0.39 is 10.2 Å². The topological polar surface area (TPSA) is 75.4 Å². The van der Waals surface area contributed by atoms with E-state index in [0.29, 0.717) is 25.6 Å². The molecule has 0 spiro atoms. The van der Waals surface area contributed by atoms with Gasteiger partial charge in [-0.15, -0.1) is 0 Å². The second-order valence-electron chi connectivity index (χ2n) is 5.88. The Hall–Kier alpha value is -0.170. The van der Waals surface area contributed by atoms with Gasteiger partial charge in [-0.1, -0.05) is 25.7 Å². The summed E-state index contributed by atoms with van der Waals surface area (Å²) < 4.78 is 28.9. The number of nitrogens with two attached hydrogens (primary N) is 1. The predicted molar refractivity (Wildman–Crippen MR) is 76.9 cm³/mol. The Kier molecular flexibility index (Phi) is 5.62. The normalized spacial score (nSPS) is 31.0. The Morgan fingerprint density at radius 1 is 1.00 bits per heavy atom. The first-order valence-corrected chi connectivity index (χ1v) is 9.04. The van der Waals surface area contributed by atoms with Gasteiger partial charge >= 0.3 is 0 Å². The molecule has 1 saturated carbocycles. The second-order valence-corrected chi connectivity index (χ2v) is 7.63. The number of hydrogen-bond acceptors (Lipinski definition) is 3. The van der Waals surface area contributed by atoms with Crippen molar-refractivity contribution in [2.24, 2.45) is 11.7 Å². The highest BCUT2D eigenvalue weighted by molar-refractivity contribution is 7.87. The molecule has 112 valence electrons. The third kappa shape index (κ3) is 4.41.